The van der Waals surface area contributed by atoms with Crippen molar-refractivity contribution in [1.29, 1.82) is 0 Å². The van der Waals surface area contributed by atoms with Crippen molar-refractivity contribution in [3.8, 4) is 11.4 Å². The Balaban J connectivity index is 1.45. The van der Waals surface area contributed by atoms with Gasteiger partial charge in [-0.1, -0.05) is 47.6 Å². The van der Waals surface area contributed by atoms with E-state index in [1.54, 1.807) is 18.2 Å². The van der Waals surface area contributed by atoms with Crippen LogP contribution in [0.1, 0.15) is 17.9 Å². The van der Waals surface area contributed by atoms with E-state index in [-0.39, 0.29) is 11.7 Å². The Morgan fingerprint density at radius 2 is 1.80 bits per heavy atom. The molecule has 0 aliphatic heterocycles. The molecule has 3 aromatic rings. The minimum atomic E-state index is -0.399. The largest absolute Gasteiger partial charge is 0.356 e. The van der Waals surface area contributed by atoms with Gasteiger partial charge in [-0.25, -0.2) is 4.39 Å². The Hall–Kier alpha value is -3.02. The quantitative estimate of drug-likeness (QED) is 0.718. The van der Waals surface area contributed by atoms with E-state index in [9.17, 15) is 9.18 Å². The standard InChI is InChI=1S/C19H18FN3O2/c20-16-9-5-4-8-15(16)19-22-18(25-23-19)12-13-21-17(24)11-10-14-6-2-1-3-7-14/h1-9H,10-13H2,(H,21,24). The highest BCUT2D eigenvalue weighted by molar-refractivity contribution is 5.76. The number of carbonyl (C=O) groups excluding carboxylic acids is 1. The number of aromatic nitrogens is 2. The molecule has 0 unspecified atom stereocenters. The van der Waals surface area contributed by atoms with Gasteiger partial charge in [0.2, 0.25) is 17.6 Å². The van der Waals surface area contributed by atoms with Crippen molar-refractivity contribution < 1.29 is 13.7 Å². The third kappa shape index (κ3) is 4.73. The maximum Gasteiger partial charge on any atom is 0.228 e. The molecule has 1 amide bonds. The van der Waals surface area contributed by atoms with Crippen molar-refractivity contribution in [2.24, 2.45) is 0 Å². The average Bonchev–Trinajstić information content (AvgIpc) is 3.10. The van der Waals surface area contributed by atoms with Crippen LogP contribution in [0.15, 0.2) is 59.1 Å². The number of hydrogen-bond donors (Lipinski definition) is 1. The van der Waals surface area contributed by atoms with Gasteiger partial charge >= 0.3 is 0 Å². The van der Waals surface area contributed by atoms with Gasteiger partial charge in [-0.15, -0.1) is 0 Å². The van der Waals surface area contributed by atoms with Crippen molar-refractivity contribution in [2.75, 3.05) is 6.54 Å². The predicted molar refractivity (Wildman–Crippen MR) is 91.2 cm³/mol. The minimum absolute atomic E-state index is 0.0299. The van der Waals surface area contributed by atoms with Crippen molar-refractivity contribution in [3.63, 3.8) is 0 Å². The second-order valence-electron chi connectivity index (χ2n) is 5.58. The van der Waals surface area contributed by atoms with Crippen molar-refractivity contribution >= 4 is 5.91 Å². The van der Waals surface area contributed by atoms with Crippen LogP contribution in [0.25, 0.3) is 11.4 Å². The molecule has 3 rings (SSSR count). The Labute approximate surface area is 144 Å². The summed E-state index contributed by atoms with van der Waals surface area (Å²) in [5.74, 6) is 0.145. The minimum Gasteiger partial charge on any atom is -0.356 e. The van der Waals surface area contributed by atoms with E-state index in [0.717, 1.165) is 5.56 Å². The molecule has 0 radical (unpaired) electrons. The van der Waals surface area contributed by atoms with E-state index >= 15 is 0 Å². The monoisotopic (exact) mass is 339 g/mol. The molecule has 0 bridgehead atoms. The summed E-state index contributed by atoms with van der Waals surface area (Å²) in [6.45, 7) is 0.395. The van der Waals surface area contributed by atoms with Gasteiger partial charge in [0.25, 0.3) is 0 Å². The fraction of sp³-hybridized carbons (Fsp3) is 0.211. The number of nitrogens with zero attached hydrogens (tertiary/aromatic N) is 2. The van der Waals surface area contributed by atoms with Gasteiger partial charge in [-0.3, -0.25) is 4.79 Å². The van der Waals surface area contributed by atoms with Gasteiger partial charge in [0.15, 0.2) is 0 Å². The smallest absolute Gasteiger partial charge is 0.228 e. The molecule has 0 aliphatic carbocycles. The molecule has 6 heteroatoms. The predicted octanol–water partition coefficient (Wildman–Crippen LogP) is 3.17. The highest BCUT2D eigenvalue weighted by Gasteiger charge is 2.12. The number of carbonyl (C=O) groups is 1. The molecular weight excluding hydrogens is 321 g/mol. The number of amides is 1. The normalized spacial score (nSPS) is 10.6. The van der Waals surface area contributed by atoms with E-state index in [2.05, 4.69) is 15.5 Å². The number of halogens is 1. The lowest BCUT2D eigenvalue weighted by molar-refractivity contribution is -0.121. The zero-order chi connectivity index (χ0) is 17.5. The lowest BCUT2D eigenvalue weighted by atomic mass is 10.1. The van der Waals surface area contributed by atoms with Crippen molar-refractivity contribution in [2.45, 2.75) is 19.3 Å². The summed E-state index contributed by atoms with van der Waals surface area (Å²) in [5.41, 5.74) is 1.42. The van der Waals surface area contributed by atoms with Crippen LogP contribution < -0.4 is 5.32 Å². The molecule has 0 saturated carbocycles. The number of hydrogen-bond acceptors (Lipinski definition) is 4. The molecular formula is C19H18FN3O2. The number of aryl methyl sites for hydroxylation is 1. The first-order valence-electron chi connectivity index (χ1n) is 8.10. The second-order valence-corrected chi connectivity index (χ2v) is 5.58. The third-order valence-corrected chi connectivity index (χ3v) is 3.73. The van der Waals surface area contributed by atoms with Crippen LogP contribution >= 0.6 is 0 Å². The van der Waals surface area contributed by atoms with Crippen LogP contribution in [0, 0.1) is 5.82 Å². The van der Waals surface area contributed by atoms with E-state index in [0.29, 0.717) is 37.3 Å². The zero-order valence-electron chi connectivity index (χ0n) is 13.6. The maximum atomic E-state index is 13.7. The number of rotatable bonds is 7. The van der Waals surface area contributed by atoms with Gasteiger partial charge in [-0.05, 0) is 24.1 Å². The third-order valence-electron chi connectivity index (χ3n) is 3.73. The van der Waals surface area contributed by atoms with E-state index < -0.39 is 5.82 Å². The topological polar surface area (TPSA) is 68.0 Å². The molecule has 1 heterocycles. The van der Waals surface area contributed by atoms with Crippen LogP contribution in [0.2, 0.25) is 0 Å². The van der Waals surface area contributed by atoms with E-state index in [1.165, 1.54) is 6.07 Å². The lowest BCUT2D eigenvalue weighted by Gasteiger charge is -2.03. The van der Waals surface area contributed by atoms with E-state index in [1.807, 2.05) is 30.3 Å². The first kappa shape index (κ1) is 16.8. The average molecular weight is 339 g/mol. The van der Waals surface area contributed by atoms with Gasteiger partial charge in [0.1, 0.15) is 5.82 Å². The van der Waals surface area contributed by atoms with Crippen molar-refractivity contribution in [3.05, 3.63) is 71.9 Å². The van der Waals surface area contributed by atoms with E-state index in [4.69, 9.17) is 4.52 Å². The first-order chi connectivity index (χ1) is 12.2. The molecule has 1 N–H and O–H groups in total. The van der Waals surface area contributed by atoms with Crippen LogP contribution in [0.5, 0.6) is 0 Å². The molecule has 5 nitrogen and oxygen atoms in total. The zero-order valence-corrected chi connectivity index (χ0v) is 13.6. The Bertz CT molecular complexity index is 833. The summed E-state index contributed by atoms with van der Waals surface area (Å²) in [7, 11) is 0. The molecule has 0 fully saturated rings. The van der Waals surface area contributed by atoms with Gasteiger partial charge in [-0.2, -0.15) is 4.98 Å². The molecule has 25 heavy (non-hydrogen) atoms. The van der Waals surface area contributed by atoms with Crippen LogP contribution in [0.3, 0.4) is 0 Å². The van der Waals surface area contributed by atoms with Crippen LogP contribution in [0.4, 0.5) is 4.39 Å². The number of benzene rings is 2. The molecule has 0 aliphatic rings. The van der Waals surface area contributed by atoms with Gasteiger partial charge in [0.05, 0.1) is 5.56 Å². The molecule has 0 saturated heterocycles. The van der Waals surface area contributed by atoms with Gasteiger partial charge < -0.3 is 9.84 Å². The molecule has 1 aromatic heterocycles. The second kappa shape index (κ2) is 8.19. The lowest BCUT2D eigenvalue weighted by Crippen LogP contribution is -2.25. The highest BCUT2D eigenvalue weighted by Crippen LogP contribution is 2.19. The first-order valence-corrected chi connectivity index (χ1v) is 8.10. The highest BCUT2D eigenvalue weighted by atomic mass is 19.1. The van der Waals surface area contributed by atoms with Crippen LogP contribution in [-0.4, -0.2) is 22.6 Å². The summed E-state index contributed by atoms with van der Waals surface area (Å²) in [6, 6.07) is 16.1. The molecule has 0 spiro atoms. The maximum absolute atomic E-state index is 13.7. The fourth-order valence-electron chi connectivity index (χ4n) is 2.41. The number of nitrogens with one attached hydrogen (secondary N) is 1. The summed E-state index contributed by atoms with van der Waals surface area (Å²) < 4.78 is 18.8. The van der Waals surface area contributed by atoms with Gasteiger partial charge in [0, 0.05) is 19.4 Å². The molecule has 0 atom stereocenters. The summed E-state index contributed by atoms with van der Waals surface area (Å²) >= 11 is 0. The van der Waals surface area contributed by atoms with Crippen molar-refractivity contribution in [1.82, 2.24) is 15.5 Å². The van der Waals surface area contributed by atoms with Crippen LogP contribution in [-0.2, 0) is 17.6 Å². The fourth-order valence-corrected chi connectivity index (χ4v) is 2.41. The Morgan fingerprint density at radius 1 is 1.04 bits per heavy atom. The summed E-state index contributed by atoms with van der Waals surface area (Å²) in [5, 5.41) is 6.60. The SMILES string of the molecule is O=C(CCc1ccccc1)NCCc1nc(-c2ccccc2F)no1. The Morgan fingerprint density at radius 3 is 2.60 bits per heavy atom. The summed E-state index contributed by atoms with van der Waals surface area (Å²) in [4.78, 5) is 16.0. The molecule has 2 aromatic carbocycles. The molecule has 128 valence electrons. The Kier molecular flexibility index (Phi) is 5.51. The summed E-state index contributed by atoms with van der Waals surface area (Å²) in [6.07, 6.45) is 1.53.